The molecule has 0 amide bonds. The number of hydrogen-bond donors (Lipinski definition) is 0. The standard InChI is InChI=1S/C16H27NO2S/c1-4-9-17(15-8-10-20(18,19)12-15)11-16-13(2)6-5-7-14(16)3/h4,6,14-16H,1,5,7-12H2,2-3H3/t14-,15-,16+/m0/s1. The van der Waals surface area contributed by atoms with E-state index in [4.69, 9.17) is 0 Å². The van der Waals surface area contributed by atoms with Gasteiger partial charge in [0.1, 0.15) is 0 Å². The van der Waals surface area contributed by atoms with E-state index in [2.05, 4.69) is 31.4 Å². The van der Waals surface area contributed by atoms with Gasteiger partial charge in [-0.15, -0.1) is 6.58 Å². The Labute approximate surface area is 123 Å². The Morgan fingerprint density at radius 2 is 2.20 bits per heavy atom. The first-order valence-corrected chi connectivity index (χ1v) is 9.47. The Morgan fingerprint density at radius 3 is 2.75 bits per heavy atom. The third-order valence-corrected chi connectivity index (χ3v) is 6.63. The molecule has 4 heteroatoms. The van der Waals surface area contributed by atoms with Gasteiger partial charge in [-0.05, 0) is 38.0 Å². The van der Waals surface area contributed by atoms with Crippen LogP contribution in [0.15, 0.2) is 24.3 Å². The first-order valence-electron chi connectivity index (χ1n) is 7.65. The van der Waals surface area contributed by atoms with Gasteiger partial charge in [0.2, 0.25) is 0 Å². The molecule has 2 aliphatic rings. The van der Waals surface area contributed by atoms with E-state index in [0.717, 1.165) is 19.5 Å². The van der Waals surface area contributed by atoms with Gasteiger partial charge >= 0.3 is 0 Å². The molecule has 0 bridgehead atoms. The molecule has 1 heterocycles. The summed E-state index contributed by atoms with van der Waals surface area (Å²) in [5.41, 5.74) is 1.47. The number of nitrogens with zero attached hydrogens (tertiary/aromatic N) is 1. The average molecular weight is 297 g/mol. The number of hydrogen-bond acceptors (Lipinski definition) is 3. The van der Waals surface area contributed by atoms with E-state index < -0.39 is 9.84 Å². The molecule has 2 rings (SSSR count). The highest BCUT2D eigenvalue weighted by molar-refractivity contribution is 7.91. The molecule has 0 spiro atoms. The van der Waals surface area contributed by atoms with Gasteiger partial charge < -0.3 is 0 Å². The molecular weight excluding hydrogens is 270 g/mol. The summed E-state index contributed by atoms with van der Waals surface area (Å²) in [5.74, 6) is 1.92. The second kappa shape index (κ2) is 6.44. The highest BCUT2D eigenvalue weighted by atomic mass is 32.2. The van der Waals surface area contributed by atoms with Gasteiger partial charge in [-0.2, -0.15) is 0 Å². The fourth-order valence-corrected chi connectivity index (χ4v) is 5.32. The van der Waals surface area contributed by atoms with Crippen molar-refractivity contribution in [3.63, 3.8) is 0 Å². The highest BCUT2D eigenvalue weighted by Gasteiger charge is 2.34. The summed E-state index contributed by atoms with van der Waals surface area (Å²) in [6.07, 6.45) is 7.45. The second-order valence-corrected chi connectivity index (χ2v) is 8.64. The third kappa shape index (κ3) is 3.73. The summed E-state index contributed by atoms with van der Waals surface area (Å²) in [6.45, 7) is 10.1. The van der Waals surface area contributed by atoms with Gasteiger partial charge in [0.25, 0.3) is 0 Å². The van der Waals surface area contributed by atoms with E-state index in [-0.39, 0.29) is 6.04 Å². The van der Waals surface area contributed by atoms with Gasteiger partial charge in [-0.1, -0.05) is 24.6 Å². The Bertz CT molecular complexity index is 481. The van der Waals surface area contributed by atoms with Crippen molar-refractivity contribution < 1.29 is 8.42 Å². The maximum absolute atomic E-state index is 11.7. The highest BCUT2D eigenvalue weighted by Crippen LogP contribution is 2.32. The van der Waals surface area contributed by atoms with Crippen molar-refractivity contribution in [2.45, 2.75) is 39.2 Å². The van der Waals surface area contributed by atoms with Crippen LogP contribution in [0.1, 0.15) is 33.1 Å². The van der Waals surface area contributed by atoms with Crippen LogP contribution in [0.3, 0.4) is 0 Å². The zero-order valence-corrected chi connectivity index (χ0v) is 13.5. The van der Waals surface area contributed by atoms with E-state index in [9.17, 15) is 8.42 Å². The summed E-state index contributed by atoms with van der Waals surface area (Å²) in [4.78, 5) is 2.33. The van der Waals surface area contributed by atoms with Crippen molar-refractivity contribution in [2.75, 3.05) is 24.6 Å². The lowest BCUT2D eigenvalue weighted by Gasteiger charge is -2.36. The van der Waals surface area contributed by atoms with Crippen LogP contribution in [0.5, 0.6) is 0 Å². The van der Waals surface area contributed by atoms with Crippen LogP contribution in [0.4, 0.5) is 0 Å². The largest absolute Gasteiger partial charge is 0.295 e. The molecular formula is C16H27NO2S. The van der Waals surface area contributed by atoms with E-state index in [1.54, 1.807) is 0 Å². The molecule has 1 aliphatic carbocycles. The smallest absolute Gasteiger partial charge is 0.151 e. The van der Waals surface area contributed by atoms with E-state index in [0.29, 0.717) is 23.3 Å². The number of rotatable bonds is 5. The normalized spacial score (nSPS) is 33.1. The van der Waals surface area contributed by atoms with Gasteiger partial charge in [-0.25, -0.2) is 8.42 Å². The predicted octanol–water partition coefficient (Wildman–Crippen LogP) is 2.65. The van der Waals surface area contributed by atoms with Crippen LogP contribution >= 0.6 is 0 Å². The Hall–Kier alpha value is -0.610. The molecule has 3 nitrogen and oxygen atoms in total. The summed E-state index contributed by atoms with van der Waals surface area (Å²) >= 11 is 0. The van der Waals surface area contributed by atoms with E-state index in [1.165, 1.54) is 18.4 Å². The molecule has 1 aliphatic heterocycles. The molecule has 114 valence electrons. The minimum Gasteiger partial charge on any atom is -0.295 e. The molecule has 20 heavy (non-hydrogen) atoms. The fourth-order valence-electron chi connectivity index (χ4n) is 3.55. The lowest BCUT2D eigenvalue weighted by atomic mass is 9.79. The fraction of sp³-hybridized carbons (Fsp3) is 0.750. The molecule has 0 aromatic rings. The summed E-state index contributed by atoms with van der Waals surface area (Å²) in [6, 6.07) is 0.180. The lowest BCUT2D eigenvalue weighted by molar-refractivity contribution is 0.179. The quantitative estimate of drug-likeness (QED) is 0.732. The summed E-state index contributed by atoms with van der Waals surface area (Å²) < 4.78 is 23.4. The zero-order chi connectivity index (χ0) is 14.8. The van der Waals surface area contributed by atoms with Gasteiger partial charge in [0.15, 0.2) is 9.84 Å². The molecule has 0 unspecified atom stereocenters. The van der Waals surface area contributed by atoms with Gasteiger partial charge in [0.05, 0.1) is 11.5 Å². The van der Waals surface area contributed by atoms with Crippen LogP contribution < -0.4 is 0 Å². The zero-order valence-electron chi connectivity index (χ0n) is 12.7. The minimum atomic E-state index is -2.82. The second-order valence-electron chi connectivity index (χ2n) is 6.41. The molecule has 0 N–H and O–H groups in total. The molecule has 0 radical (unpaired) electrons. The number of allylic oxidation sites excluding steroid dienone is 1. The molecule has 0 aromatic heterocycles. The maximum atomic E-state index is 11.7. The SMILES string of the molecule is C=CCN(C[C@@H]1C(C)=CCC[C@@H]1C)[C@H]1CCS(=O)(=O)C1. The first-order chi connectivity index (χ1) is 9.43. The van der Waals surface area contributed by atoms with Crippen molar-refractivity contribution in [3.05, 3.63) is 24.3 Å². The van der Waals surface area contributed by atoms with Crippen LogP contribution in [-0.4, -0.2) is 44.0 Å². The van der Waals surface area contributed by atoms with Crippen molar-refractivity contribution in [2.24, 2.45) is 11.8 Å². The minimum absolute atomic E-state index is 0.180. The van der Waals surface area contributed by atoms with Crippen LogP contribution in [0.2, 0.25) is 0 Å². The van der Waals surface area contributed by atoms with Gasteiger partial charge in [0, 0.05) is 19.1 Å². The van der Waals surface area contributed by atoms with Crippen molar-refractivity contribution in [3.8, 4) is 0 Å². The monoisotopic (exact) mass is 297 g/mol. The van der Waals surface area contributed by atoms with Crippen LogP contribution in [-0.2, 0) is 9.84 Å². The van der Waals surface area contributed by atoms with Crippen LogP contribution in [0.25, 0.3) is 0 Å². The molecule has 0 aromatic carbocycles. The van der Waals surface area contributed by atoms with Crippen molar-refractivity contribution >= 4 is 9.84 Å². The molecule has 1 fully saturated rings. The first kappa shape index (κ1) is 15.8. The Kier molecular flexibility index (Phi) is 5.08. The molecule has 1 saturated heterocycles. The third-order valence-electron chi connectivity index (χ3n) is 4.88. The Morgan fingerprint density at radius 1 is 1.45 bits per heavy atom. The van der Waals surface area contributed by atoms with Gasteiger partial charge in [-0.3, -0.25) is 4.90 Å². The maximum Gasteiger partial charge on any atom is 0.151 e. The predicted molar refractivity (Wildman–Crippen MR) is 84.5 cm³/mol. The summed E-state index contributed by atoms with van der Waals surface area (Å²) in [7, 11) is -2.82. The number of sulfone groups is 1. The van der Waals surface area contributed by atoms with E-state index in [1.807, 2.05) is 6.08 Å². The van der Waals surface area contributed by atoms with Crippen molar-refractivity contribution in [1.82, 2.24) is 4.90 Å². The van der Waals surface area contributed by atoms with Crippen molar-refractivity contribution in [1.29, 1.82) is 0 Å². The summed E-state index contributed by atoms with van der Waals surface area (Å²) in [5, 5.41) is 0. The van der Waals surface area contributed by atoms with E-state index >= 15 is 0 Å². The topological polar surface area (TPSA) is 37.4 Å². The Balaban J connectivity index is 2.07. The average Bonchev–Trinajstić information content (AvgIpc) is 2.73. The van der Waals surface area contributed by atoms with Crippen LogP contribution in [0, 0.1) is 11.8 Å². The lowest BCUT2D eigenvalue weighted by Crippen LogP contribution is -2.41. The molecule has 0 saturated carbocycles. The molecule has 3 atom stereocenters.